The largest absolute Gasteiger partial charge is 0.467 e. The summed E-state index contributed by atoms with van der Waals surface area (Å²) < 4.78 is 16.7. The molecule has 0 radical (unpaired) electrons. The molecule has 1 rings (SSSR count). The Morgan fingerprint density at radius 3 is 2.30 bits per heavy atom. The van der Waals surface area contributed by atoms with Crippen LogP contribution in [0.5, 0.6) is 0 Å². The van der Waals surface area contributed by atoms with Crippen molar-refractivity contribution in [1.29, 1.82) is 0 Å². The predicted octanol–water partition coefficient (Wildman–Crippen LogP) is 4.30. The molecular weight excluding hydrogens is 422 g/mol. The van der Waals surface area contributed by atoms with E-state index in [1.165, 1.54) is 18.9 Å². The van der Waals surface area contributed by atoms with Crippen LogP contribution in [-0.2, 0) is 23.5 Å². The number of esters is 1. The number of rotatable bonds is 7. The van der Waals surface area contributed by atoms with E-state index >= 15 is 0 Å². The summed E-state index contributed by atoms with van der Waals surface area (Å²) in [6.45, 7) is 16.2. The van der Waals surface area contributed by atoms with Crippen LogP contribution in [0.3, 0.4) is 0 Å². The summed E-state index contributed by atoms with van der Waals surface area (Å²) in [4.78, 5) is 36.4. The van der Waals surface area contributed by atoms with Gasteiger partial charge in [0.05, 0.1) is 13.2 Å². The average molecular weight is 462 g/mol. The Morgan fingerprint density at radius 2 is 1.80 bits per heavy atom. The van der Waals surface area contributed by atoms with Gasteiger partial charge in [0.25, 0.3) is 0 Å². The molecule has 3 atom stereocenters. The van der Waals surface area contributed by atoms with Crippen LogP contribution in [0.2, 0.25) is 18.1 Å². The number of carbonyl (C=O) groups excluding carboxylic acids is 3. The minimum atomic E-state index is -2.00. The zero-order valence-electron chi connectivity index (χ0n) is 19.9. The van der Waals surface area contributed by atoms with Gasteiger partial charge in [0.15, 0.2) is 8.32 Å². The van der Waals surface area contributed by atoms with Crippen molar-refractivity contribution in [2.45, 2.75) is 102 Å². The molecular formula is C21H39NO6SSi. The number of amides is 1. The monoisotopic (exact) mass is 461 g/mol. The lowest BCUT2D eigenvalue weighted by Gasteiger charge is -2.42. The van der Waals surface area contributed by atoms with Gasteiger partial charge in [0, 0.05) is 23.8 Å². The molecule has 1 fully saturated rings. The van der Waals surface area contributed by atoms with Gasteiger partial charge in [0.2, 0.25) is 0 Å². The van der Waals surface area contributed by atoms with Crippen LogP contribution in [0, 0.1) is 0 Å². The normalized spacial score (nSPS) is 21.7. The number of nitrogens with one attached hydrogen (secondary N) is 1. The summed E-state index contributed by atoms with van der Waals surface area (Å²) in [6, 6.07) is -0.861. The van der Waals surface area contributed by atoms with Gasteiger partial charge in [-0.05, 0) is 45.3 Å². The third-order valence-corrected chi connectivity index (χ3v) is 11.4. The molecule has 7 nitrogen and oxygen atoms in total. The van der Waals surface area contributed by atoms with Crippen molar-refractivity contribution in [3.8, 4) is 0 Å². The van der Waals surface area contributed by atoms with Gasteiger partial charge in [-0.2, -0.15) is 11.8 Å². The van der Waals surface area contributed by atoms with Crippen LogP contribution in [-0.4, -0.2) is 62.0 Å². The standard InChI is InChI=1S/C21H39NO6SSi/c1-20(2,3)27-19(25)22-15(18(24)26-7)13-29-17-12-14(23)10-11-16(17)28-30(8,9)21(4,5)6/h15-17H,10-13H2,1-9H3,(H,22,25)/t15-,16-,17-/m0/s1. The molecule has 0 heterocycles. The highest BCUT2D eigenvalue weighted by molar-refractivity contribution is 8.00. The average Bonchev–Trinajstić information content (AvgIpc) is 2.57. The lowest BCUT2D eigenvalue weighted by molar-refractivity contribution is -0.142. The van der Waals surface area contributed by atoms with Gasteiger partial charge in [-0.25, -0.2) is 9.59 Å². The molecule has 174 valence electrons. The number of ether oxygens (including phenoxy) is 2. The van der Waals surface area contributed by atoms with E-state index < -0.39 is 32.0 Å². The molecule has 9 heteroatoms. The zero-order chi connectivity index (χ0) is 23.3. The van der Waals surface area contributed by atoms with Gasteiger partial charge < -0.3 is 19.2 Å². The van der Waals surface area contributed by atoms with Crippen molar-refractivity contribution >= 4 is 37.9 Å². The lowest BCUT2D eigenvalue weighted by Crippen LogP contribution is -2.49. The molecule has 1 saturated carbocycles. The third kappa shape index (κ3) is 8.59. The molecule has 0 spiro atoms. The zero-order valence-corrected chi connectivity index (χ0v) is 21.7. The maximum absolute atomic E-state index is 12.2. The second-order valence-electron chi connectivity index (χ2n) is 10.3. The number of thioether (sulfide) groups is 1. The van der Waals surface area contributed by atoms with E-state index in [0.717, 1.165) is 0 Å². The number of methoxy groups -OCH3 is 1. The van der Waals surface area contributed by atoms with Crippen LogP contribution in [0.4, 0.5) is 4.79 Å². The second-order valence-corrected chi connectivity index (χ2v) is 16.3. The fraction of sp³-hybridized carbons (Fsp3) is 0.857. The molecule has 1 aliphatic rings. The molecule has 1 amide bonds. The van der Waals surface area contributed by atoms with Crippen LogP contribution in [0.1, 0.15) is 60.8 Å². The summed E-state index contributed by atoms with van der Waals surface area (Å²) in [5.41, 5.74) is -0.671. The molecule has 30 heavy (non-hydrogen) atoms. The molecule has 0 aromatic carbocycles. The molecule has 1 aliphatic carbocycles. The Balaban J connectivity index is 2.85. The van der Waals surface area contributed by atoms with E-state index in [9.17, 15) is 14.4 Å². The molecule has 0 aromatic heterocycles. The molecule has 1 N–H and O–H groups in total. The van der Waals surface area contributed by atoms with Crippen LogP contribution in [0.25, 0.3) is 0 Å². The first-order valence-electron chi connectivity index (χ1n) is 10.4. The first-order valence-corrected chi connectivity index (χ1v) is 14.4. The SMILES string of the molecule is COC(=O)[C@H](CS[C@H]1CC(=O)CC[C@@H]1O[Si](C)(C)C(C)(C)C)NC(=O)OC(C)(C)C. The fourth-order valence-corrected chi connectivity index (χ4v) is 5.64. The Bertz CT molecular complexity index is 626. The molecule has 0 bridgehead atoms. The van der Waals surface area contributed by atoms with Crippen molar-refractivity contribution in [3.05, 3.63) is 0 Å². The quantitative estimate of drug-likeness (QED) is 0.446. The van der Waals surface area contributed by atoms with Crippen LogP contribution < -0.4 is 5.32 Å². The van der Waals surface area contributed by atoms with E-state index in [2.05, 4.69) is 39.2 Å². The summed E-state index contributed by atoms with van der Waals surface area (Å²) in [6.07, 6.45) is 0.892. The molecule has 0 saturated heterocycles. The number of carbonyl (C=O) groups is 3. The van der Waals surface area contributed by atoms with Gasteiger partial charge >= 0.3 is 12.1 Å². The van der Waals surface area contributed by atoms with Gasteiger partial charge in [-0.1, -0.05) is 20.8 Å². The topological polar surface area (TPSA) is 90.9 Å². The number of Topliss-reactive ketones (excluding diaryl/α,β-unsaturated/α-hetero) is 1. The van der Waals surface area contributed by atoms with Gasteiger partial charge in [-0.15, -0.1) is 0 Å². The lowest BCUT2D eigenvalue weighted by atomic mass is 9.96. The Hall–Kier alpha value is -1.06. The van der Waals surface area contributed by atoms with Crippen molar-refractivity contribution in [2.24, 2.45) is 0 Å². The maximum atomic E-state index is 12.2. The molecule has 0 aliphatic heterocycles. The number of hydrogen-bond acceptors (Lipinski definition) is 7. The first-order chi connectivity index (χ1) is 13.6. The Labute approximate surface area is 186 Å². The van der Waals surface area contributed by atoms with Crippen molar-refractivity contribution in [2.75, 3.05) is 12.9 Å². The van der Waals surface area contributed by atoms with Crippen LogP contribution >= 0.6 is 11.8 Å². The first kappa shape index (κ1) is 27.0. The van der Waals surface area contributed by atoms with Gasteiger partial charge in [0.1, 0.15) is 17.4 Å². The van der Waals surface area contributed by atoms with E-state index in [1.54, 1.807) is 20.8 Å². The number of alkyl carbamates (subject to hydrolysis) is 1. The van der Waals surface area contributed by atoms with E-state index in [0.29, 0.717) is 19.3 Å². The summed E-state index contributed by atoms with van der Waals surface area (Å²) in [7, 11) is -0.718. The van der Waals surface area contributed by atoms with Crippen molar-refractivity contribution < 1.29 is 28.3 Å². The van der Waals surface area contributed by atoms with Crippen molar-refractivity contribution in [1.82, 2.24) is 5.32 Å². The summed E-state index contributed by atoms with van der Waals surface area (Å²) in [5, 5.41) is 2.59. The third-order valence-electron chi connectivity index (χ3n) is 5.46. The van der Waals surface area contributed by atoms with Crippen LogP contribution in [0.15, 0.2) is 0 Å². The number of ketones is 1. The predicted molar refractivity (Wildman–Crippen MR) is 122 cm³/mol. The molecule has 0 aromatic rings. The minimum absolute atomic E-state index is 0.0478. The van der Waals surface area contributed by atoms with E-state index in [1.807, 2.05) is 0 Å². The smallest absolute Gasteiger partial charge is 0.408 e. The second kappa shape index (κ2) is 10.5. The van der Waals surface area contributed by atoms with Crippen molar-refractivity contribution in [3.63, 3.8) is 0 Å². The summed E-state index contributed by atoms with van der Waals surface area (Å²) >= 11 is 1.48. The van der Waals surface area contributed by atoms with E-state index in [-0.39, 0.29) is 27.9 Å². The minimum Gasteiger partial charge on any atom is -0.467 e. The summed E-state index contributed by atoms with van der Waals surface area (Å²) in [5.74, 6) is -0.0593. The molecule has 0 unspecified atom stereocenters. The highest BCUT2D eigenvalue weighted by Crippen LogP contribution is 2.40. The highest BCUT2D eigenvalue weighted by Gasteiger charge is 2.42. The Morgan fingerprint density at radius 1 is 1.20 bits per heavy atom. The fourth-order valence-electron chi connectivity index (χ4n) is 2.78. The maximum Gasteiger partial charge on any atom is 0.408 e. The Kier molecular flexibility index (Phi) is 9.44. The highest BCUT2D eigenvalue weighted by atomic mass is 32.2. The van der Waals surface area contributed by atoms with Gasteiger partial charge in [-0.3, -0.25) is 4.79 Å². The van der Waals surface area contributed by atoms with E-state index in [4.69, 9.17) is 13.9 Å². The number of hydrogen-bond donors (Lipinski definition) is 1.